The summed E-state index contributed by atoms with van der Waals surface area (Å²) in [5.74, 6) is -2.28. The third-order valence-corrected chi connectivity index (χ3v) is 2.55. The zero-order valence-electron chi connectivity index (χ0n) is 11.0. The first-order valence-corrected chi connectivity index (χ1v) is 5.75. The molecule has 0 aliphatic rings. The number of carboxylic acid groups (broad SMARTS) is 1. The van der Waals surface area contributed by atoms with E-state index in [9.17, 15) is 22.8 Å². The molecule has 0 atom stereocenters. The van der Waals surface area contributed by atoms with Crippen molar-refractivity contribution in [3.63, 3.8) is 0 Å². The van der Waals surface area contributed by atoms with Crippen LogP contribution in [-0.4, -0.2) is 28.0 Å². The molecule has 0 unspecified atom stereocenters. The molecule has 0 aromatic carbocycles. The van der Waals surface area contributed by atoms with E-state index < -0.39 is 29.1 Å². The molecule has 0 spiro atoms. The number of aromatic nitrogens is 1. The van der Waals surface area contributed by atoms with Gasteiger partial charge in [-0.2, -0.15) is 13.2 Å². The van der Waals surface area contributed by atoms with Crippen LogP contribution >= 0.6 is 0 Å². The average Bonchev–Trinajstić information content (AvgIpc) is 2.87. The van der Waals surface area contributed by atoms with Crippen molar-refractivity contribution in [3.05, 3.63) is 59.5 Å². The van der Waals surface area contributed by atoms with Crippen LogP contribution in [0.3, 0.4) is 0 Å². The Labute approximate surface area is 118 Å². The Hall–Kier alpha value is -2.57. The molecule has 1 aromatic heterocycles. The number of aromatic carboxylic acids is 1. The van der Waals surface area contributed by atoms with Crippen LogP contribution in [0.5, 0.6) is 0 Å². The molecule has 112 valence electrons. The molecular formula is C14H12F3NO3. The molecule has 2 N–H and O–H groups in total. The van der Waals surface area contributed by atoms with E-state index in [-0.39, 0.29) is 11.3 Å². The van der Waals surface area contributed by atoms with Crippen LogP contribution in [-0.2, 0) is 0 Å². The highest BCUT2D eigenvalue weighted by molar-refractivity contribution is 6.12. The second kappa shape index (κ2) is 6.25. The van der Waals surface area contributed by atoms with Crippen LogP contribution in [0, 0.1) is 0 Å². The van der Waals surface area contributed by atoms with E-state index in [4.69, 9.17) is 5.11 Å². The summed E-state index contributed by atoms with van der Waals surface area (Å²) in [5, 5.41) is 8.73. The largest absolute Gasteiger partial charge is 0.477 e. The van der Waals surface area contributed by atoms with Crippen molar-refractivity contribution >= 4 is 11.8 Å². The number of carbonyl (C=O) groups is 2. The fourth-order valence-corrected chi connectivity index (χ4v) is 1.63. The van der Waals surface area contributed by atoms with E-state index in [0.717, 1.165) is 30.5 Å². The molecule has 0 saturated carbocycles. The van der Waals surface area contributed by atoms with E-state index in [1.54, 1.807) is 0 Å². The van der Waals surface area contributed by atoms with Gasteiger partial charge in [0.1, 0.15) is 5.69 Å². The maximum atomic E-state index is 12.9. The topological polar surface area (TPSA) is 70.2 Å². The molecule has 4 nitrogen and oxygen atoms in total. The zero-order chi connectivity index (χ0) is 16.2. The Balaban J connectivity index is 3.38. The second-order valence-corrected chi connectivity index (χ2v) is 3.97. The number of rotatable bonds is 5. The maximum absolute atomic E-state index is 12.9. The number of hydrogen-bond donors (Lipinski definition) is 2. The van der Waals surface area contributed by atoms with Crippen LogP contribution in [0.25, 0.3) is 0 Å². The van der Waals surface area contributed by atoms with Crippen molar-refractivity contribution in [2.75, 3.05) is 0 Å². The lowest BCUT2D eigenvalue weighted by Crippen LogP contribution is -2.16. The Morgan fingerprint density at radius 2 is 2.00 bits per heavy atom. The van der Waals surface area contributed by atoms with Gasteiger partial charge in [-0.25, -0.2) is 4.79 Å². The number of H-pyrrole nitrogens is 1. The first-order chi connectivity index (χ1) is 9.72. The number of carbonyl (C=O) groups excluding carboxylic acids is 1. The average molecular weight is 299 g/mol. The Morgan fingerprint density at radius 1 is 1.38 bits per heavy atom. The van der Waals surface area contributed by atoms with E-state index in [0.29, 0.717) is 0 Å². The summed E-state index contributed by atoms with van der Waals surface area (Å²) in [6.45, 7) is 4.61. The van der Waals surface area contributed by atoms with Gasteiger partial charge in [-0.1, -0.05) is 24.8 Å². The molecule has 0 radical (unpaired) electrons. The molecule has 0 aliphatic carbocycles. The molecule has 0 saturated heterocycles. The molecule has 0 bridgehead atoms. The van der Waals surface area contributed by atoms with E-state index in [2.05, 4.69) is 11.6 Å². The molecule has 0 amide bonds. The van der Waals surface area contributed by atoms with E-state index >= 15 is 0 Å². The molecular weight excluding hydrogens is 287 g/mol. The summed E-state index contributed by atoms with van der Waals surface area (Å²) in [5.41, 5.74) is -2.26. The molecule has 1 aromatic rings. The number of alkyl halides is 3. The lowest BCUT2D eigenvalue weighted by atomic mass is 9.99. The van der Waals surface area contributed by atoms with Crippen LogP contribution in [0.15, 0.2) is 48.2 Å². The van der Waals surface area contributed by atoms with Crippen LogP contribution in [0.1, 0.15) is 27.8 Å². The van der Waals surface area contributed by atoms with Crippen molar-refractivity contribution in [2.45, 2.75) is 13.1 Å². The number of carboxylic acids is 1. The van der Waals surface area contributed by atoms with Gasteiger partial charge in [0.25, 0.3) is 0 Å². The number of nitrogens with one attached hydrogen (secondary N) is 1. The van der Waals surface area contributed by atoms with Gasteiger partial charge >= 0.3 is 12.1 Å². The van der Waals surface area contributed by atoms with Gasteiger partial charge in [0.05, 0.1) is 5.57 Å². The monoisotopic (exact) mass is 299 g/mol. The highest BCUT2D eigenvalue weighted by atomic mass is 19.4. The fourth-order valence-electron chi connectivity index (χ4n) is 1.63. The highest BCUT2D eigenvalue weighted by Gasteiger charge is 2.35. The summed E-state index contributed by atoms with van der Waals surface area (Å²) in [4.78, 5) is 25.1. The van der Waals surface area contributed by atoms with Crippen LogP contribution in [0.2, 0.25) is 0 Å². The third-order valence-electron chi connectivity index (χ3n) is 2.55. The van der Waals surface area contributed by atoms with Gasteiger partial charge in [0.2, 0.25) is 0 Å². The molecule has 1 heterocycles. The predicted octanol–water partition coefficient (Wildman–Crippen LogP) is 3.52. The van der Waals surface area contributed by atoms with E-state index in [1.807, 2.05) is 0 Å². The number of hydrogen-bond acceptors (Lipinski definition) is 2. The molecule has 0 aliphatic heterocycles. The van der Waals surface area contributed by atoms with Crippen LogP contribution < -0.4 is 0 Å². The summed E-state index contributed by atoms with van der Waals surface area (Å²) in [7, 11) is 0. The molecule has 1 rings (SSSR count). The first kappa shape index (κ1) is 16.5. The minimum Gasteiger partial charge on any atom is -0.477 e. The minimum absolute atomic E-state index is 0.187. The van der Waals surface area contributed by atoms with Crippen molar-refractivity contribution < 1.29 is 27.9 Å². The SMILES string of the molecule is C=C/C(C(=O)c1c[nH]c(C(=O)O)c1)=C(\C=C/C)C(F)(F)F. The molecule has 21 heavy (non-hydrogen) atoms. The van der Waals surface area contributed by atoms with Gasteiger partial charge in [0, 0.05) is 17.3 Å². The van der Waals surface area contributed by atoms with Gasteiger partial charge in [-0.15, -0.1) is 0 Å². The smallest absolute Gasteiger partial charge is 0.417 e. The lowest BCUT2D eigenvalue weighted by molar-refractivity contribution is -0.0887. The van der Waals surface area contributed by atoms with Gasteiger partial charge in [-0.3, -0.25) is 4.79 Å². The van der Waals surface area contributed by atoms with Gasteiger partial charge < -0.3 is 10.1 Å². The fraction of sp³-hybridized carbons (Fsp3) is 0.143. The number of Topliss-reactive ketones (excluding diaryl/α,β-unsaturated/α-hetero) is 1. The number of allylic oxidation sites excluding steroid dienone is 5. The normalized spacial score (nSPS) is 13.1. The first-order valence-electron chi connectivity index (χ1n) is 5.75. The van der Waals surface area contributed by atoms with Crippen molar-refractivity contribution in [2.24, 2.45) is 0 Å². The summed E-state index contributed by atoms with van der Waals surface area (Å²) in [6, 6.07) is 0.970. The van der Waals surface area contributed by atoms with Crippen molar-refractivity contribution in [1.82, 2.24) is 4.98 Å². The van der Waals surface area contributed by atoms with Gasteiger partial charge in [-0.05, 0) is 13.0 Å². The van der Waals surface area contributed by atoms with Gasteiger partial charge in [0.15, 0.2) is 5.78 Å². The highest BCUT2D eigenvalue weighted by Crippen LogP contribution is 2.31. The third kappa shape index (κ3) is 3.71. The lowest BCUT2D eigenvalue weighted by Gasteiger charge is -2.11. The maximum Gasteiger partial charge on any atom is 0.417 e. The molecule has 0 fully saturated rings. The number of halogens is 3. The van der Waals surface area contributed by atoms with Crippen molar-refractivity contribution in [1.29, 1.82) is 0 Å². The van der Waals surface area contributed by atoms with Crippen LogP contribution in [0.4, 0.5) is 13.2 Å². The number of aromatic amines is 1. The molecule has 7 heteroatoms. The minimum atomic E-state index is -4.72. The standard InChI is InChI=1S/C14H12F3NO3/c1-3-5-10(14(15,16)17)9(4-2)12(19)8-6-11(13(20)21)18-7-8/h3-7,18H,2H2,1H3,(H,20,21)/b5-3-,10-9-. The Morgan fingerprint density at radius 3 is 2.38 bits per heavy atom. The summed E-state index contributed by atoms with van der Waals surface area (Å²) in [6.07, 6.45) is -0.964. The zero-order valence-corrected chi connectivity index (χ0v) is 11.0. The Kier molecular flexibility index (Phi) is 4.91. The number of ketones is 1. The Bertz CT molecular complexity index is 636. The van der Waals surface area contributed by atoms with Crippen molar-refractivity contribution in [3.8, 4) is 0 Å². The summed E-state index contributed by atoms with van der Waals surface area (Å²) < 4.78 is 38.8. The summed E-state index contributed by atoms with van der Waals surface area (Å²) >= 11 is 0. The second-order valence-electron chi connectivity index (χ2n) is 3.97. The quantitative estimate of drug-likeness (QED) is 0.496. The predicted molar refractivity (Wildman–Crippen MR) is 70.2 cm³/mol. The van der Waals surface area contributed by atoms with E-state index in [1.165, 1.54) is 6.92 Å².